The van der Waals surface area contributed by atoms with Crippen molar-refractivity contribution >= 4 is 0 Å². The molecule has 0 heterocycles. The Bertz CT molecular complexity index is 769. The molecule has 0 N–H and O–H groups in total. The molecule has 0 spiro atoms. The molecular weight excluding hydrogens is 406 g/mol. The molecule has 178 valence electrons. The van der Waals surface area contributed by atoms with Crippen molar-refractivity contribution in [1.29, 1.82) is 0 Å². The van der Waals surface area contributed by atoms with E-state index in [4.69, 9.17) is 9.47 Å². The zero-order valence-electron chi connectivity index (χ0n) is 19.8. The lowest BCUT2D eigenvalue weighted by Gasteiger charge is -2.45. The summed E-state index contributed by atoms with van der Waals surface area (Å²) in [7, 11) is 0. The molecule has 3 saturated carbocycles. The maximum Gasteiger partial charge on any atom is 0.204 e. The largest absolute Gasteiger partial charge is 0.491 e. The highest BCUT2D eigenvalue weighted by atomic mass is 19.2. The minimum atomic E-state index is -0.955. The first kappa shape index (κ1) is 23.6. The molecule has 1 aromatic rings. The van der Waals surface area contributed by atoms with Crippen molar-refractivity contribution in [2.75, 3.05) is 13.2 Å². The summed E-state index contributed by atoms with van der Waals surface area (Å²) in [4.78, 5) is 0. The number of fused-ring (bicyclic) bond motifs is 1. The molecule has 4 unspecified atom stereocenters. The number of allylic oxidation sites excluding steroid dienone is 2. The molecule has 0 amide bonds. The Kier molecular flexibility index (Phi) is 8.12. The maximum absolute atomic E-state index is 14.3. The molecule has 0 bridgehead atoms. The van der Waals surface area contributed by atoms with Crippen molar-refractivity contribution in [2.24, 2.45) is 35.5 Å². The minimum Gasteiger partial charge on any atom is -0.491 e. The van der Waals surface area contributed by atoms with Gasteiger partial charge >= 0.3 is 0 Å². The molecule has 0 aromatic heterocycles. The summed E-state index contributed by atoms with van der Waals surface area (Å²) >= 11 is 0. The lowest BCUT2D eigenvalue weighted by atomic mass is 9.61. The van der Waals surface area contributed by atoms with Crippen LogP contribution in [0.2, 0.25) is 0 Å². The third-order valence-electron chi connectivity index (χ3n) is 8.50. The summed E-state index contributed by atoms with van der Waals surface area (Å²) in [5.41, 5.74) is 0. The average molecular weight is 447 g/mol. The van der Waals surface area contributed by atoms with Crippen LogP contribution in [0.25, 0.3) is 0 Å². The van der Waals surface area contributed by atoms with Gasteiger partial charge in [-0.25, -0.2) is 0 Å². The van der Waals surface area contributed by atoms with Crippen molar-refractivity contribution in [1.82, 2.24) is 0 Å². The third kappa shape index (κ3) is 5.48. The fourth-order valence-corrected chi connectivity index (χ4v) is 6.76. The Morgan fingerprint density at radius 3 is 2.00 bits per heavy atom. The first-order chi connectivity index (χ1) is 15.6. The van der Waals surface area contributed by atoms with E-state index in [0.717, 1.165) is 42.4 Å². The van der Waals surface area contributed by atoms with Gasteiger partial charge in [-0.1, -0.05) is 12.2 Å². The van der Waals surface area contributed by atoms with E-state index in [0.29, 0.717) is 19.1 Å². The fraction of sp³-hybridized carbons (Fsp3) is 0.714. The van der Waals surface area contributed by atoms with Gasteiger partial charge in [-0.2, -0.15) is 8.78 Å². The van der Waals surface area contributed by atoms with E-state index < -0.39 is 11.6 Å². The molecule has 3 aliphatic rings. The molecule has 0 radical (unpaired) electrons. The highest BCUT2D eigenvalue weighted by Gasteiger charge is 2.38. The highest BCUT2D eigenvalue weighted by Crippen LogP contribution is 2.49. The molecule has 2 nitrogen and oxygen atoms in total. The standard InChI is InChI=1S/C28H40F2O2/c1-3-5-19-6-11-24-17-23(13-12-22(24)16-19)21-9-7-20(8-10-21)18-32-26-15-14-25(31-4-2)27(29)28(26)30/h3,5,14-15,19-24H,4,6-13,16-18H2,1-2H3. The van der Waals surface area contributed by atoms with Crippen LogP contribution in [0, 0.1) is 47.1 Å². The van der Waals surface area contributed by atoms with E-state index in [1.54, 1.807) is 6.92 Å². The molecule has 1 aromatic carbocycles. The molecule has 32 heavy (non-hydrogen) atoms. The van der Waals surface area contributed by atoms with Gasteiger partial charge in [-0.3, -0.25) is 0 Å². The van der Waals surface area contributed by atoms with Gasteiger partial charge in [0.15, 0.2) is 11.5 Å². The van der Waals surface area contributed by atoms with Crippen LogP contribution in [-0.2, 0) is 0 Å². The molecule has 3 fully saturated rings. The first-order valence-electron chi connectivity index (χ1n) is 12.9. The molecule has 4 rings (SSSR count). The lowest BCUT2D eigenvalue weighted by Crippen LogP contribution is -2.34. The van der Waals surface area contributed by atoms with Gasteiger partial charge in [0.1, 0.15) is 0 Å². The van der Waals surface area contributed by atoms with E-state index in [2.05, 4.69) is 19.1 Å². The second-order valence-corrected chi connectivity index (χ2v) is 10.4. The van der Waals surface area contributed by atoms with Crippen LogP contribution in [0.1, 0.15) is 78.1 Å². The van der Waals surface area contributed by atoms with E-state index in [1.165, 1.54) is 63.5 Å². The Morgan fingerprint density at radius 1 is 0.781 bits per heavy atom. The Balaban J connectivity index is 1.22. The van der Waals surface area contributed by atoms with Crippen molar-refractivity contribution in [3.8, 4) is 11.5 Å². The molecule has 0 saturated heterocycles. The van der Waals surface area contributed by atoms with Crippen LogP contribution >= 0.6 is 0 Å². The number of ether oxygens (including phenoxy) is 2. The second kappa shape index (κ2) is 11.0. The zero-order chi connectivity index (χ0) is 22.5. The fourth-order valence-electron chi connectivity index (χ4n) is 6.76. The normalized spacial score (nSPS) is 33.1. The number of hydrogen-bond acceptors (Lipinski definition) is 2. The average Bonchev–Trinajstić information content (AvgIpc) is 2.82. The van der Waals surface area contributed by atoms with E-state index >= 15 is 0 Å². The van der Waals surface area contributed by atoms with Gasteiger partial charge in [0.2, 0.25) is 11.6 Å². The number of benzene rings is 1. The van der Waals surface area contributed by atoms with Crippen molar-refractivity contribution in [3.05, 3.63) is 35.9 Å². The molecule has 0 aliphatic heterocycles. The Hall–Kier alpha value is -1.58. The predicted molar refractivity (Wildman–Crippen MR) is 125 cm³/mol. The van der Waals surface area contributed by atoms with Crippen LogP contribution in [0.5, 0.6) is 11.5 Å². The number of rotatable bonds is 7. The zero-order valence-corrected chi connectivity index (χ0v) is 19.8. The monoisotopic (exact) mass is 446 g/mol. The highest BCUT2D eigenvalue weighted by molar-refractivity contribution is 5.35. The van der Waals surface area contributed by atoms with E-state index in [-0.39, 0.29) is 11.5 Å². The van der Waals surface area contributed by atoms with Gasteiger partial charge < -0.3 is 9.47 Å². The van der Waals surface area contributed by atoms with Gasteiger partial charge in [-0.05, 0) is 126 Å². The third-order valence-corrected chi connectivity index (χ3v) is 8.50. The van der Waals surface area contributed by atoms with E-state index in [9.17, 15) is 8.78 Å². The smallest absolute Gasteiger partial charge is 0.204 e. The first-order valence-corrected chi connectivity index (χ1v) is 12.9. The van der Waals surface area contributed by atoms with Crippen LogP contribution < -0.4 is 9.47 Å². The molecular formula is C28H40F2O2. The number of halogens is 2. The van der Waals surface area contributed by atoms with Crippen LogP contribution in [0.15, 0.2) is 24.3 Å². The second-order valence-electron chi connectivity index (χ2n) is 10.4. The Labute approximate surface area is 192 Å². The summed E-state index contributed by atoms with van der Waals surface area (Å²) in [6, 6.07) is 2.94. The molecule has 4 atom stereocenters. The summed E-state index contributed by atoms with van der Waals surface area (Å²) in [6.45, 7) is 4.67. The predicted octanol–water partition coefficient (Wildman–Crippen LogP) is 7.96. The summed E-state index contributed by atoms with van der Waals surface area (Å²) in [5, 5.41) is 0. The van der Waals surface area contributed by atoms with Crippen molar-refractivity contribution in [2.45, 2.75) is 78.1 Å². The quantitative estimate of drug-likeness (QED) is 0.396. The van der Waals surface area contributed by atoms with E-state index in [1.807, 2.05) is 0 Å². The SMILES string of the molecule is CC=CC1CCC2CC(C3CCC(COc4ccc(OCC)c(F)c4F)CC3)CCC2C1. The molecule has 3 aliphatic carbocycles. The van der Waals surface area contributed by atoms with Gasteiger partial charge in [0.25, 0.3) is 0 Å². The van der Waals surface area contributed by atoms with Crippen LogP contribution in [-0.4, -0.2) is 13.2 Å². The summed E-state index contributed by atoms with van der Waals surface area (Å²) < 4.78 is 39.1. The number of hydrogen-bond donors (Lipinski definition) is 0. The minimum absolute atomic E-state index is 0.0000746. The van der Waals surface area contributed by atoms with Crippen molar-refractivity contribution < 1.29 is 18.3 Å². The summed E-state index contributed by atoms with van der Waals surface area (Å²) in [6.07, 6.45) is 18.0. The molecule has 4 heteroatoms. The van der Waals surface area contributed by atoms with Crippen molar-refractivity contribution in [3.63, 3.8) is 0 Å². The Morgan fingerprint density at radius 2 is 1.34 bits per heavy atom. The van der Waals surface area contributed by atoms with Gasteiger partial charge in [0.05, 0.1) is 13.2 Å². The maximum atomic E-state index is 14.3. The summed E-state index contributed by atoms with van der Waals surface area (Å²) in [5.74, 6) is 2.96. The van der Waals surface area contributed by atoms with Gasteiger partial charge in [-0.15, -0.1) is 0 Å². The lowest BCUT2D eigenvalue weighted by molar-refractivity contribution is 0.0627. The van der Waals surface area contributed by atoms with Crippen LogP contribution in [0.4, 0.5) is 8.78 Å². The topological polar surface area (TPSA) is 18.5 Å². The van der Waals surface area contributed by atoms with Gasteiger partial charge in [0, 0.05) is 0 Å². The van der Waals surface area contributed by atoms with Crippen LogP contribution in [0.3, 0.4) is 0 Å².